The number of rotatable bonds is 5. The number of nitrogens with one attached hydrogen (secondary N) is 2. The summed E-state index contributed by atoms with van der Waals surface area (Å²) in [6.45, 7) is 4.01. The molecule has 1 aliphatic rings. The van der Waals surface area contributed by atoms with E-state index in [2.05, 4.69) is 21.0 Å². The van der Waals surface area contributed by atoms with E-state index in [0.717, 1.165) is 28.7 Å². The van der Waals surface area contributed by atoms with Crippen molar-refractivity contribution in [3.8, 4) is 5.75 Å². The molecule has 0 amide bonds. The molecule has 8 heteroatoms. The zero-order valence-corrected chi connectivity index (χ0v) is 17.3. The first kappa shape index (κ1) is 19.1. The lowest BCUT2D eigenvalue weighted by molar-refractivity contribution is 0.303. The molecular formula is C21H21N3O4S. The van der Waals surface area contributed by atoms with Crippen LogP contribution >= 0.6 is 0 Å². The lowest BCUT2D eigenvalue weighted by Crippen LogP contribution is -2.08. The van der Waals surface area contributed by atoms with Crippen molar-refractivity contribution in [1.82, 2.24) is 9.97 Å². The normalized spacial score (nSPS) is 15.7. The van der Waals surface area contributed by atoms with E-state index in [4.69, 9.17) is 8.92 Å². The number of H-pyrrole nitrogens is 2. The smallest absolute Gasteiger partial charge is 0.306 e. The molecule has 1 aliphatic heterocycles. The largest absolute Gasteiger partial charge is 0.494 e. The van der Waals surface area contributed by atoms with Gasteiger partial charge in [0.1, 0.15) is 17.2 Å². The lowest BCUT2D eigenvalue weighted by atomic mass is 10.2. The van der Waals surface area contributed by atoms with Gasteiger partial charge in [-0.05, 0) is 43.7 Å². The molecule has 0 saturated carbocycles. The van der Waals surface area contributed by atoms with Gasteiger partial charge in [-0.2, -0.15) is 8.42 Å². The average Bonchev–Trinajstić information content (AvgIpc) is 3.30. The number of hydrogen-bond donors (Lipinski definition) is 2. The van der Waals surface area contributed by atoms with Gasteiger partial charge in [0.2, 0.25) is 0 Å². The van der Waals surface area contributed by atoms with Crippen LogP contribution in [-0.4, -0.2) is 37.5 Å². The Morgan fingerprint density at radius 3 is 2.55 bits per heavy atom. The highest BCUT2D eigenvalue weighted by Gasteiger charge is 2.25. The molecule has 0 spiro atoms. The molecule has 2 aromatic heterocycles. The Kier molecular flexibility index (Phi) is 4.58. The summed E-state index contributed by atoms with van der Waals surface area (Å²) in [6, 6.07) is 9.39. The van der Waals surface area contributed by atoms with Crippen LogP contribution in [0.3, 0.4) is 0 Å². The van der Waals surface area contributed by atoms with Gasteiger partial charge in [0.05, 0.1) is 19.1 Å². The van der Waals surface area contributed by atoms with E-state index in [1.165, 1.54) is 0 Å². The third kappa shape index (κ3) is 3.71. The fourth-order valence-electron chi connectivity index (χ4n) is 3.38. The maximum Gasteiger partial charge on any atom is 0.306 e. The number of hydrogen-bond acceptors (Lipinski definition) is 5. The van der Waals surface area contributed by atoms with Gasteiger partial charge in [-0.1, -0.05) is 12.1 Å². The number of para-hydroxylation sites is 1. The Balaban J connectivity index is 1.86. The summed E-state index contributed by atoms with van der Waals surface area (Å²) in [4.78, 5) is 11.2. The van der Waals surface area contributed by atoms with Crippen molar-refractivity contribution >= 4 is 32.8 Å². The summed E-state index contributed by atoms with van der Waals surface area (Å²) < 4.78 is 34.5. The highest BCUT2D eigenvalue weighted by Crippen LogP contribution is 2.35. The monoisotopic (exact) mass is 411 g/mol. The first-order valence-electron chi connectivity index (χ1n) is 8.98. The highest BCUT2D eigenvalue weighted by molar-refractivity contribution is 7.86. The third-order valence-electron chi connectivity index (χ3n) is 4.60. The molecule has 29 heavy (non-hydrogen) atoms. The minimum absolute atomic E-state index is 0.224. The summed E-state index contributed by atoms with van der Waals surface area (Å²) in [5.41, 5.74) is 5.49. The number of allylic oxidation sites excluding steroid dienone is 1. The summed E-state index contributed by atoms with van der Waals surface area (Å²) >= 11 is 0. The number of aryl methyl sites for hydroxylation is 2. The van der Waals surface area contributed by atoms with Crippen LogP contribution in [0.1, 0.15) is 22.6 Å². The van der Waals surface area contributed by atoms with Gasteiger partial charge in [0, 0.05) is 28.4 Å². The number of fused-ring (bicyclic) bond motifs is 1. The molecule has 0 bridgehead atoms. The Morgan fingerprint density at radius 1 is 1.14 bits per heavy atom. The summed E-state index contributed by atoms with van der Waals surface area (Å²) in [5.74, 6) is 0.803. The van der Waals surface area contributed by atoms with Crippen molar-refractivity contribution < 1.29 is 17.3 Å². The molecule has 3 aromatic rings. The number of ether oxygens (including phenoxy) is 1. The van der Waals surface area contributed by atoms with Crippen molar-refractivity contribution in [1.29, 1.82) is 0 Å². The Morgan fingerprint density at radius 2 is 1.90 bits per heavy atom. The lowest BCUT2D eigenvalue weighted by Gasteiger charge is -2.04. The van der Waals surface area contributed by atoms with Crippen LogP contribution in [0.5, 0.6) is 5.75 Å². The van der Waals surface area contributed by atoms with Gasteiger partial charge in [-0.25, -0.2) is 4.99 Å². The quantitative estimate of drug-likeness (QED) is 0.624. The highest BCUT2D eigenvalue weighted by atomic mass is 32.2. The van der Waals surface area contributed by atoms with Crippen molar-refractivity contribution in [2.45, 2.75) is 13.8 Å². The molecule has 7 nitrogen and oxygen atoms in total. The van der Waals surface area contributed by atoms with E-state index in [9.17, 15) is 8.42 Å². The summed E-state index contributed by atoms with van der Waals surface area (Å²) in [5, 5.41) is 0.663. The number of aromatic nitrogens is 2. The minimum atomic E-state index is -3.72. The van der Waals surface area contributed by atoms with Gasteiger partial charge < -0.3 is 18.9 Å². The van der Waals surface area contributed by atoms with E-state index in [-0.39, 0.29) is 5.75 Å². The maximum absolute atomic E-state index is 11.8. The van der Waals surface area contributed by atoms with Gasteiger partial charge >= 0.3 is 10.1 Å². The molecular weight excluding hydrogens is 390 g/mol. The van der Waals surface area contributed by atoms with Crippen LogP contribution in [0.4, 0.5) is 0 Å². The van der Waals surface area contributed by atoms with E-state index >= 15 is 0 Å². The molecule has 1 aromatic carbocycles. The van der Waals surface area contributed by atoms with E-state index in [1.54, 1.807) is 19.3 Å². The van der Waals surface area contributed by atoms with Crippen molar-refractivity contribution in [3.63, 3.8) is 0 Å². The number of aromatic amines is 2. The Hall–Kier alpha value is -3.26. The fourth-order valence-corrected chi connectivity index (χ4v) is 3.86. The van der Waals surface area contributed by atoms with Gasteiger partial charge in [-0.15, -0.1) is 0 Å². The van der Waals surface area contributed by atoms with Gasteiger partial charge in [0.25, 0.3) is 0 Å². The van der Waals surface area contributed by atoms with Crippen LogP contribution in [0.15, 0.2) is 52.9 Å². The van der Waals surface area contributed by atoms with Crippen molar-refractivity contribution in [2.24, 2.45) is 4.99 Å². The molecule has 0 radical (unpaired) electrons. The second-order valence-corrected chi connectivity index (χ2v) is 8.53. The molecule has 0 unspecified atom stereocenters. The van der Waals surface area contributed by atoms with Crippen LogP contribution in [0, 0.1) is 13.8 Å². The third-order valence-corrected chi connectivity index (χ3v) is 5.07. The Labute approximate surface area is 168 Å². The van der Waals surface area contributed by atoms with Gasteiger partial charge in [0.15, 0.2) is 5.75 Å². The average molecular weight is 411 g/mol. The van der Waals surface area contributed by atoms with Crippen LogP contribution < -0.4 is 4.18 Å². The first-order valence-corrected chi connectivity index (χ1v) is 10.8. The number of benzene rings is 1. The fraction of sp³-hybridized carbons (Fsp3) is 0.190. The topological polar surface area (TPSA) is 96.5 Å². The SMILES string of the molecule is COC1=CC(c2[nH]c3ccccc3c2OS(C)(=O)=O)=N/C1=C/c1[nH]c(C)cc1C. The predicted octanol–water partition coefficient (Wildman–Crippen LogP) is 3.83. The second-order valence-electron chi connectivity index (χ2n) is 6.95. The first-order chi connectivity index (χ1) is 13.7. The molecule has 4 rings (SSSR count). The van der Waals surface area contributed by atoms with Crippen molar-refractivity contribution in [3.05, 3.63) is 70.5 Å². The zero-order valence-electron chi connectivity index (χ0n) is 16.5. The number of aliphatic imine (C=N–C) groups is 1. The minimum Gasteiger partial charge on any atom is -0.494 e. The predicted molar refractivity (Wildman–Crippen MR) is 114 cm³/mol. The van der Waals surface area contributed by atoms with E-state index in [1.807, 2.05) is 38.1 Å². The standard InChI is InChI=1S/C21H21N3O4S/c1-12-9-13(2)22-16(12)10-17-19(27-3)11-18(23-17)20-21(28-29(4,25)26)14-7-5-6-8-15(14)24-20/h5-11,22,24H,1-4H3/b17-10+. The van der Waals surface area contributed by atoms with Crippen molar-refractivity contribution in [2.75, 3.05) is 13.4 Å². The maximum atomic E-state index is 11.8. The molecule has 3 heterocycles. The second kappa shape index (κ2) is 6.97. The molecule has 0 saturated heterocycles. The number of nitrogens with zero attached hydrogens (tertiary/aromatic N) is 1. The van der Waals surface area contributed by atoms with E-state index in [0.29, 0.717) is 28.2 Å². The van der Waals surface area contributed by atoms with Gasteiger partial charge in [-0.3, -0.25) is 0 Å². The molecule has 0 aliphatic carbocycles. The van der Waals surface area contributed by atoms with Crippen LogP contribution in [0.2, 0.25) is 0 Å². The summed E-state index contributed by atoms with van der Waals surface area (Å²) in [6.07, 6.45) is 4.69. The van der Waals surface area contributed by atoms with E-state index < -0.39 is 10.1 Å². The Bertz CT molecular complexity index is 1310. The summed E-state index contributed by atoms with van der Waals surface area (Å²) in [7, 11) is -2.15. The molecule has 0 fully saturated rings. The zero-order chi connectivity index (χ0) is 20.8. The van der Waals surface area contributed by atoms with Crippen LogP contribution in [-0.2, 0) is 14.9 Å². The number of methoxy groups -OCH3 is 1. The van der Waals surface area contributed by atoms with Crippen LogP contribution in [0.25, 0.3) is 17.0 Å². The molecule has 0 atom stereocenters. The molecule has 2 N–H and O–H groups in total. The molecule has 150 valence electrons.